The first-order valence-electron chi connectivity index (χ1n) is 6.38. The quantitative estimate of drug-likeness (QED) is 0.790. The fourth-order valence-electron chi connectivity index (χ4n) is 2.76. The molecule has 0 spiro atoms. The molecule has 100 valence electrons. The van der Waals surface area contributed by atoms with E-state index in [1.807, 2.05) is 20.9 Å². The average Bonchev–Trinajstić information content (AvgIpc) is 2.40. The van der Waals surface area contributed by atoms with Gasteiger partial charge in [-0.15, -0.1) is 0 Å². The van der Waals surface area contributed by atoms with Crippen LogP contribution in [0.15, 0.2) is 0 Å². The molecule has 0 aromatic rings. The molecule has 1 fully saturated rings. The van der Waals surface area contributed by atoms with E-state index in [0.717, 1.165) is 19.5 Å². The van der Waals surface area contributed by atoms with E-state index in [0.29, 0.717) is 12.8 Å². The first kappa shape index (κ1) is 14.5. The Morgan fingerprint density at radius 1 is 1.35 bits per heavy atom. The molecule has 4 nitrogen and oxygen atoms in total. The lowest BCUT2D eigenvalue weighted by Gasteiger charge is -2.44. The smallest absolute Gasteiger partial charge is 0.312 e. The second-order valence-electron chi connectivity index (χ2n) is 5.85. The van der Waals surface area contributed by atoms with Gasteiger partial charge in [0.05, 0.1) is 11.0 Å². The minimum absolute atomic E-state index is 0.0894. The molecular formula is C13H25NO3. The summed E-state index contributed by atoms with van der Waals surface area (Å²) < 4.78 is 0. The Morgan fingerprint density at radius 2 is 1.94 bits per heavy atom. The summed E-state index contributed by atoms with van der Waals surface area (Å²) in [6.45, 7) is 7.12. The number of carbonyl (C=O) groups is 1. The first-order chi connectivity index (χ1) is 7.74. The van der Waals surface area contributed by atoms with Crippen molar-refractivity contribution in [3.05, 3.63) is 0 Å². The fraction of sp³-hybridized carbons (Fsp3) is 0.923. The molecule has 0 saturated carbocycles. The van der Waals surface area contributed by atoms with Crippen LogP contribution in [0.2, 0.25) is 0 Å². The summed E-state index contributed by atoms with van der Waals surface area (Å²) in [6.07, 6.45) is 1.95. The topological polar surface area (TPSA) is 60.8 Å². The van der Waals surface area contributed by atoms with Crippen molar-refractivity contribution in [1.82, 2.24) is 4.90 Å². The highest BCUT2D eigenvalue weighted by atomic mass is 16.4. The van der Waals surface area contributed by atoms with Crippen molar-refractivity contribution < 1.29 is 15.0 Å². The molecule has 0 aliphatic carbocycles. The van der Waals surface area contributed by atoms with Crippen molar-refractivity contribution in [3.8, 4) is 0 Å². The third kappa shape index (κ3) is 2.47. The maximum Gasteiger partial charge on any atom is 0.312 e. The van der Waals surface area contributed by atoms with Crippen LogP contribution in [0.1, 0.15) is 40.0 Å². The van der Waals surface area contributed by atoms with Crippen molar-refractivity contribution in [2.75, 3.05) is 20.1 Å². The van der Waals surface area contributed by atoms with E-state index in [4.69, 9.17) is 0 Å². The maximum absolute atomic E-state index is 11.6. The highest BCUT2D eigenvalue weighted by molar-refractivity contribution is 5.76. The number of carboxylic acids is 1. The fourth-order valence-corrected chi connectivity index (χ4v) is 2.76. The normalized spacial score (nSPS) is 30.9. The van der Waals surface area contributed by atoms with E-state index in [-0.39, 0.29) is 5.92 Å². The second kappa shape index (κ2) is 4.94. The molecule has 2 atom stereocenters. The van der Waals surface area contributed by atoms with Gasteiger partial charge in [-0.2, -0.15) is 0 Å². The predicted molar refractivity (Wildman–Crippen MR) is 66.9 cm³/mol. The average molecular weight is 243 g/mol. The molecule has 2 N–H and O–H groups in total. The molecule has 2 unspecified atom stereocenters. The molecule has 1 saturated heterocycles. The van der Waals surface area contributed by atoms with Crippen LogP contribution >= 0.6 is 0 Å². The minimum Gasteiger partial charge on any atom is -0.481 e. The SMILES string of the molecule is CC(C)C(C)(C(=O)O)C1(O)CCCN(C)CC1. The predicted octanol–water partition coefficient (Wildman–Crippen LogP) is 1.58. The van der Waals surface area contributed by atoms with Crippen LogP contribution in [0.5, 0.6) is 0 Å². The second-order valence-corrected chi connectivity index (χ2v) is 5.85. The Kier molecular flexibility index (Phi) is 4.20. The summed E-state index contributed by atoms with van der Waals surface area (Å²) in [5.74, 6) is -0.979. The Morgan fingerprint density at radius 3 is 2.41 bits per heavy atom. The number of aliphatic hydroxyl groups is 1. The van der Waals surface area contributed by atoms with Crippen LogP contribution in [0.25, 0.3) is 0 Å². The molecule has 4 heteroatoms. The first-order valence-corrected chi connectivity index (χ1v) is 6.38. The number of aliphatic carboxylic acids is 1. The molecule has 0 amide bonds. The highest BCUT2D eigenvalue weighted by Gasteiger charge is 2.54. The van der Waals surface area contributed by atoms with E-state index < -0.39 is 17.0 Å². The van der Waals surface area contributed by atoms with E-state index in [9.17, 15) is 15.0 Å². The largest absolute Gasteiger partial charge is 0.481 e. The summed E-state index contributed by atoms with van der Waals surface area (Å²) >= 11 is 0. The Labute approximate surface area is 104 Å². The molecule has 0 radical (unpaired) electrons. The van der Waals surface area contributed by atoms with Gasteiger partial charge in [0.25, 0.3) is 0 Å². The van der Waals surface area contributed by atoms with Crippen molar-refractivity contribution in [1.29, 1.82) is 0 Å². The van der Waals surface area contributed by atoms with Gasteiger partial charge in [-0.05, 0) is 45.7 Å². The summed E-state index contributed by atoms with van der Waals surface area (Å²) in [6, 6.07) is 0. The lowest BCUT2D eigenvalue weighted by molar-refractivity contribution is -0.176. The van der Waals surface area contributed by atoms with Crippen molar-refractivity contribution >= 4 is 5.97 Å². The van der Waals surface area contributed by atoms with Gasteiger partial charge >= 0.3 is 5.97 Å². The number of hydrogen-bond donors (Lipinski definition) is 2. The van der Waals surface area contributed by atoms with Gasteiger partial charge in [0, 0.05) is 6.54 Å². The summed E-state index contributed by atoms with van der Waals surface area (Å²) in [5.41, 5.74) is -2.17. The molecule has 0 aromatic heterocycles. The Balaban J connectivity index is 3.03. The van der Waals surface area contributed by atoms with Crippen molar-refractivity contribution in [3.63, 3.8) is 0 Å². The standard InChI is InChI=1S/C13H25NO3/c1-10(2)12(3,11(15)16)13(17)6-5-8-14(4)9-7-13/h10,17H,5-9H2,1-4H3,(H,15,16). The number of hydrogen-bond acceptors (Lipinski definition) is 3. The molecule has 1 heterocycles. The van der Waals surface area contributed by atoms with Gasteiger partial charge in [-0.1, -0.05) is 13.8 Å². The third-order valence-electron chi connectivity index (χ3n) is 4.60. The zero-order valence-corrected chi connectivity index (χ0v) is 11.4. The van der Waals surface area contributed by atoms with E-state index in [1.165, 1.54) is 0 Å². The van der Waals surface area contributed by atoms with E-state index >= 15 is 0 Å². The molecular weight excluding hydrogens is 218 g/mol. The van der Waals surface area contributed by atoms with Crippen LogP contribution in [-0.4, -0.2) is 46.8 Å². The van der Waals surface area contributed by atoms with Crippen LogP contribution in [0, 0.1) is 11.3 Å². The zero-order valence-electron chi connectivity index (χ0n) is 11.4. The van der Waals surface area contributed by atoms with Crippen molar-refractivity contribution in [2.24, 2.45) is 11.3 Å². The monoisotopic (exact) mass is 243 g/mol. The molecule has 1 rings (SSSR count). The van der Waals surface area contributed by atoms with Gasteiger partial charge in [0.15, 0.2) is 0 Å². The maximum atomic E-state index is 11.6. The van der Waals surface area contributed by atoms with Crippen LogP contribution < -0.4 is 0 Å². The van der Waals surface area contributed by atoms with Gasteiger partial charge in [-0.3, -0.25) is 4.79 Å². The zero-order chi connectivity index (χ0) is 13.3. The number of likely N-dealkylation sites (tertiary alicyclic amines) is 1. The van der Waals surface area contributed by atoms with Crippen LogP contribution in [0.3, 0.4) is 0 Å². The van der Waals surface area contributed by atoms with Crippen LogP contribution in [-0.2, 0) is 4.79 Å². The van der Waals surface area contributed by atoms with Crippen LogP contribution in [0.4, 0.5) is 0 Å². The van der Waals surface area contributed by atoms with Gasteiger partial charge < -0.3 is 15.1 Å². The molecule has 0 aromatic carbocycles. The van der Waals surface area contributed by atoms with Gasteiger partial charge in [-0.25, -0.2) is 0 Å². The van der Waals surface area contributed by atoms with Gasteiger partial charge in [0.1, 0.15) is 0 Å². The molecule has 0 bridgehead atoms. The molecule has 17 heavy (non-hydrogen) atoms. The molecule has 1 aliphatic heterocycles. The Hall–Kier alpha value is -0.610. The third-order valence-corrected chi connectivity index (χ3v) is 4.60. The summed E-state index contributed by atoms with van der Waals surface area (Å²) in [5, 5.41) is 20.3. The highest BCUT2D eigenvalue weighted by Crippen LogP contribution is 2.44. The minimum atomic E-state index is -1.10. The lowest BCUT2D eigenvalue weighted by atomic mass is 9.63. The number of nitrogens with zero attached hydrogens (tertiary/aromatic N) is 1. The Bertz CT molecular complexity index is 292. The summed E-state index contributed by atoms with van der Waals surface area (Å²) in [7, 11) is 2.01. The number of carboxylic acid groups (broad SMARTS) is 1. The lowest BCUT2D eigenvalue weighted by Crippen LogP contribution is -2.55. The summed E-state index contributed by atoms with van der Waals surface area (Å²) in [4.78, 5) is 13.7. The molecule has 1 aliphatic rings. The van der Waals surface area contributed by atoms with Crippen molar-refractivity contribution in [2.45, 2.75) is 45.6 Å². The van der Waals surface area contributed by atoms with E-state index in [2.05, 4.69) is 4.90 Å². The number of rotatable bonds is 3. The van der Waals surface area contributed by atoms with Gasteiger partial charge in [0.2, 0.25) is 0 Å². The van der Waals surface area contributed by atoms with E-state index in [1.54, 1.807) is 6.92 Å².